The van der Waals surface area contributed by atoms with Crippen LogP contribution in [-0.4, -0.2) is 28.0 Å². The molecule has 126 valence electrons. The third-order valence-corrected chi connectivity index (χ3v) is 6.12. The van der Waals surface area contributed by atoms with Crippen LogP contribution in [0.5, 0.6) is 5.75 Å². The Morgan fingerprint density at radius 2 is 1.60 bits per heavy atom. The second-order valence-corrected chi connectivity index (χ2v) is 7.59. The molecule has 3 rings (SSSR count). The van der Waals surface area contributed by atoms with Crippen LogP contribution >= 0.6 is 0 Å². The van der Waals surface area contributed by atoms with Gasteiger partial charge in [-0.1, -0.05) is 0 Å². The summed E-state index contributed by atoms with van der Waals surface area (Å²) in [7, 11) is 1.62. The molecule has 0 atom stereocenters. The standard InChI is InChI=1S/C21H19NO2Se/c1-24-18-13-11-17(12-14-18)22-21(23)19-9-5-6-10-20(19)25-15-16-7-3-2-4-8-16/h2-14H,15H2,1H3,(H,22,23). The van der Waals surface area contributed by atoms with Crippen LogP contribution < -0.4 is 14.5 Å². The molecule has 0 saturated carbocycles. The van der Waals surface area contributed by atoms with Crippen molar-refractivity contribution < 1.29 is 9.53 Å². The predicted molar refractivity (Wildman–Crippen MR) is 103 cm³/mol. The number of methoxy groups -OCH3 is 1. The summed E-state index contributed by atoms with van der Waals surface area (Å²) in [5.41, 5.74) is 2.80. The van der Waals surface area contributed by atoms with Gasteiger partial charge in [0.05, 0.1) is 0 Å². The second-order valence-electron chi connectivity index (χ2n) is 5.45. The van der Waals surface area contributed by atoms with Crippen LogP contribution in [-0.2, 0) is 5.32 Å². The number of amides is 1. The molecule has 0 aliphatic rings. The van der Waals surface area contributed by atoms with Crippen molar-refractivity contribution in [2.75, 3.05) is 12.4 Å². The van der Waals surface area contributed by atoms with Gasteiger partial charge in [0.25, 0.3) is 0 Å². The van der Waals surface area contributed by atoms with E-state index in [1.807, 2.05) is 66.7 Å². The molecule has 0 aliphatic carbocycles. The molecular formula is C21H19NO2Se. The zero-order valence-electron chi connectivity index (χ0n) is 13.9. The fourth-order valence-electron chi connectivity index (χ4n) is 2.39. The summed E-state index contributed by atoms with van der Waals surface area (Å²) in [6.45, 7) is 0. The zero-order valence-corrected chi connectivity index (χ0v) is 15.7. The molecule has 3 nitrogen and oxygen atoms in total. The maximum absolute atomic E-state index is 12.7. The average molecular weight is 396 g/mol. The van der Waals surface area contributed by atoms with E-state index in [0.29, 0.717) is 0 Å². The Hall–Kier alpha value is -2.55. The molecule has 0 saturated heterocycles. The van der Waals surface area contributed by atoms with Crippen LogP contribution in [0.15, 0.2) is 78.9 Å². The molecule has 4 heteroatoms. The number of hydrogen-bond acceptors (Lipinski definition) is 2. The SMILES string of the molecule is COc1ccc(NC(=O)c2ccccc2[Se]Cc2ccccc2)cc1. The van der Waals surface area contributed by atoms with Gasteiger partial charge in [0.1, 0.15) is 0 Å². The summed E-state index contributed by atoms with van der Waals surface area (Å²) in [5.74, 6) is 0.695. The zero-order chi connectivity index (χ0) is 17.5. The third-order valence-electron chi connectivity index (χ3n) is 3.72. The van der Waals surface area contributed by atoms with Crippen molar-refractivity contribution in [3.8, 4) is 5.75 Å². The number of nitrogens with one attached hydrogen (secondary N) is 1. The summed E-state index contributed by atoms with van der Waals surface area (Å²) in [6, 6.07) is 25.6. The van der Waals surface area contributed by atoms with Crippen molar-refractivity contribution in [3.63, 3.8) is 0 Å². The molecule has 0 fully saturated rings. The van der Waals surface area contributed by atoms with Crippen molar-refractivity contribution in [1.82, 2.24) is 0 Å². The van der Waals surface area contributed by atoms with Gasteiger partial charge < -0.3 is 0 Å². The monoisotopic (exact) mass is 397 g/mol. The van der Waals surface area contributed by atoms with Crippen molar-refractivity contribution >= 4 is 31.0 Å². The van der Waals surface area contributed by atoms with Crippen LogP contribution in [0.1, 0.15) is 15.9 Å². The fraction of sp³-hybridized carbons (Fsp3) is 0.0952. The van der Waals surface area contributed by atoms with Crippen LogP contribution in [0, 0.1) is 0 Å². The minimum atomic E-state index is -0.0734. The molecule has 0 aliphatic heterocycles. The van der Waals surface area contributed by atoms with Gasteiger partial charge in [-0.15, -0.1) is 0 Å². The molecule has 1 N–H and O–H groups in total. The number of carbonyl (C=O) groups is 1. The molecule has 25 heavy (non-hydrogen) atoms. The van der Waals surface area contributed by atoms with E-state index in [2.05, 4.69) is 17.4 Å². The maximum atomic E-state index is 12.7. The van der Waals surface area contributed by atoms with E-state index in [1.165, 1.54) is 5.56 Å². The third kappa shape index (κ3) is 4.72. The average Bonchev–Trinajstić information content (AvgIpc) is 2.68. The predicted octanol–water partition coefficient (Wildman–Crippen LogP) is 3.48. The molecule has 0 heterocycles. The summed E-state index contributed by atoms with van der Waals surface area (Å²) >= 11 is 0.204. The van der Waals surface area contributed by atoms with Gasteiger partial charge in [0, 0.05) is 0 Å². The van der Waals surface area contributed by atoms with Gasteiger partial charge in [-0.25, -0.2) is 0 Å². The van der Waals surface area contributed by atoms with E-state index < -0.39 is 0 Å². The van der Waals surface area contributed by atoms with Crippen molar-refractivity contribution in [1.29, 1.82) is 0 Å². The number of rotatable bonds is 6. The van der Waals surface area contributed by atoms with Gasteiger partial charge in [-0.3, -0.25) is 0 Å². The van der Waals surface area contributed by atoms with Gasteiger partial charge in [-0.2, -0.15) is 0 Å². The molecule has 3 aromatic carbocycles. The van der Waals surface area contributed by atoms with Crippen LogP contribution in [0.3, 0.4) is 0 Å². The normalized spacial score (nSPS) is 10.3. The first-order chi connectivity index (χ1) is 12.3. The van der Waals surface area contributed by atoms with Gasteiger partial charge >= 0.3 is 154 Å². The molecule has 0 spiro atoms. The Morgan fingerprint density at radius 3 is 2.32 bits per heavy atom. The van der Waals surface area contributed by atoms with E-state index in [4.69, 9.17) is 4.74 Å². The Morgan fingerprint density at radius 1 is 0.920 bits per heavy atom. The van der Waals surface area contributed by atoms with Gasteiger partial charge in [0.15, 0.2) is 0 Å². The number of carbonyl (C=O) groups excluding carboxylic acids is 1. The second kappa shape index (κ2) is 8.52. The number of ether oxygens (including phenoxy) is 1. The first-order valence-electron chi connectivity index (χ1n) is 7.97. The quantitative estimate of drug-likeness (QED) is 0.648. The van der Waals surface area contributed by atoms with E-state index in [1.54, 1.807) is 7.11 Å². The molecule has 1 amide bonds. The molecule has 0 unspecified atom stereocenters. The molecule has 0 radical (unpaired) electrons. The van der Waals surface area contributed by atoms with Crippen molar-refractivity contribution in [2.45, 2.75) is 5.32 Å². The first-order valence-corrected chi connectivity index (χ1v) is 10.0. The van der Waals surface area contributed by atoms with E-state index >= 15 is 0 Å². The van der Waals surface area contributed by atoms with Crippen molar-refractivity contribution in [2.24, 2.45) is 0 Å². The Bertz CT molecular complexity index is 832. The van der Waals surface area contributed by atoms with Crippen molar-refractivity contribution in [3.05, 3.63) is 90.0 Å². The van der Waals surface area contributed by atoms with Crippen LogP contribution in [0.2, 0.25) is 0 Å². The van der Waals surface area contributed by atoms with E-state index in [9.17, 15) is 4.79 Å². The van der Waals surface area contributed by atoms with Crippen LogP contribution in [0.25, 0.3) is 0 Å². The summed E-state index contributed by atoms with van der Waals surface area (Å²) in [4.78, 5) is 12.7. The summed E-state index contributed by atoms with van der Waals surface area (Å²) in [6.07, 6.45) is 0. The van der Waals surface area contributed by atoms with Crippen LogP contribution in [0.4, 0.5) is 5.69 Å². The van der Waals surface area contributed by atoms with Gasteiger partial charge in [0.2, 0.25) is 0 Å². The molecular weight excluding hydrogens is 377 g/mol. The Balaban J connectivity index is 1.71. The number of benzene rings is 3. The van der Waals surface area contributed by atoms with E-state index in [0.717, 1.165) is 26.8 Å². The Labute approximate surface area is 154 Å². The van der Waals surface area contributed by atoms with E-state index in [-0.39, 0.29) is 20.9 Å². The van der Waals surface area contributed by atoms with Gasteiger partial charge in [-0.05, 0) is 0 Å². The number of anilines is 1. The first kappa shape index (κ1) is 17.3. The topological polar surface area (TPSA) is 38.3 Å². The molecule has 0 bridgehead atoms. The minimum absolute atomic E-state index is 0.0734. The number of hydrogen-bond donors (Lipinski definition) is 1. The molecule has 0 aromatic heterocycles. The summed E-state index contributed by atoms with van der Waals surface area (Å²) in [5, 5.41) is 3.94. The summed E-state index contributed by atoms with van der Waals surface area (Å²) < 4.78 is 6.26. The Kier molecular flexibility index (Phi) is 5.89. The molecule has 3 aromatic rings. The fourth-order valence-corrected chi connectivity index (χ4v) is 4.50.